The molecule has 0 aromatic heterocycles. The second-order valence-corrected chi connectivity index (χ2v) is 9.28. The van der Waals surface area contributed by atoms with Crippen molar-refractivity contribution in [1.29, 1.82) is 0 Å². The zero-order valence-corrected chi connectivity index (χ0v) is 23.3. The van der Waals surface area contributed by atoms with Gasteiger partial charge < -0.3 is 39.2 Å². The Morgan fingerprint density at radius 3 is 2.00 bits per heavy atom. The van der Waals surface area contributed by atoms with Gasteiger partial charge in [0.1, 0.15) is 30.3 Å². The van der Waals surface area contributed by atoms with Gasteiger partial charge in [0.25, 0.3) is 0 Å². The molecular formula is C29H31NO12. The molecule has 2 aromatic rings. The molecule has 3 N–H and O–H groups in total. The van der Waals surface area contributed by atoms with Crippen LogP contribution in [0.1, 0.15) is 44.9 Å². The Bertz CT molecular complexity index is 1360. The van der Waals surface area contributed by atoms with Crippen molar-refractivity contribution in [2.75, 3.05) is 11.9 Å². The van der Waals surface area contributed by atoms with E-state index >= 15 is 0 Å². The lowest BCUT2D eigenvalue weighted by molar-refractivity contribution is -0.254. The molecule has 1 saturated heterocycles. The van der Waals surface area contributed by atoms with E-state index in [1.807, 2.05) is 6.07 Å². The third-order valence-corrected chi connectivity index (χ3v) is 5.93. The first-order chi connectivity index (χ1) is 19.8. The molecule has 0 unspecified atom stereocenters. The molecule has 2 aromatic carbocycles. The van der Waals surface area contributed by atoms with Crippen LogP contribution in [0.2, 0.25) is 0 Å². The van der Waals surface area contributed by atoms with Crippen molar-refractivity contribution in [3.8, 4) is 11.5 Å². The number of rotatable bonds is 9. The minimum atomic E-state index is -1.50. The Hall–Kier alpha value is -4.91. The molecule has 1 heterocycles. The summed E-state index contributed by atoms with van der Waals surface area (Å²) in [7, 11) is 0. The fourth-order valence-electron chi connectivity index (χ4n) is 4.31. The highest BCUT2D eigenvalue weighted by molar-refractivity contribution is 6.02. The summed E-state index contributed by atoms with van der Waals surface area (Å²) in [6.07, 6.45) is -4.26. The van der Waals surface area contributed by atoms with Gasteiger partial charge in [-0.25, -0.2) is 0 Å². The van der Waals surface area contributed by atoms with E-state index in [2.05, 4.69) is 5.32 Å². The molecule has 5 atom stereocenters. The van der Waals surface area contributed by atoms with Crippen LogP contribution in [0.4, 0.5) is 5.69 Å². The zero-order chi connectivity index (χ0) is 31.0. The second kappa shape index (κ2) is 14.1. The fourth-order valence-corrected chi connectivity index (χ4v) is 4.31. The largest absolute Gasteiger partial charge is 0.507 e. The zero-order valence-electron chi connectivity index (χ0n) is 23.3. The Balaban J connectivity index is 2.00. The highest BCUT2D eigenvalue weighted by Crippen LogP contribution is 2.43. The van der Waals surface area contributed by atoms with Crippen LogP contribution in [-0.2, 0) is 47.7 Å². The predicted molar refractivity (Wildman–Crippen MR) is 145 cm³/mol. The Labute approximate surface area is 241 Å². The van der Waals surface area contributed by atoms with Crippen molar-refractivity contribution < 1.29 is 57.9 Å². The number of aromatic hydroxyl groups is 2. The van der Waals surface area contributed by atoms with Crippen LogP contribution in [0, 0.1) is 0 Å². The molecule has 0 aliphatic carbocycles. The standard InChI is InChI=1S/C29H31NO12/c1-15(31)38-14-24-27(39-16(2)32)29(41-18(4)34)28(40-17(3)33)26(42-24)20-12-23(36)21(13-22(20)35)30-25(37)11-10-19-8-6-5-7-9-19/h5-13,24,26-29,35-36H,14H2,1-4H3,(H,30,37)/b11-10+/t24-,26+,27-,28+,29+/m1/s1. The molecule has 3 rings (SSSR count). The summed E-state index contributed by atoms with van der Waals surface area (Å²) in [6, 6.07) is 11.1. The topological polar surface area (TPSA) is 184 Å². The van der Waals surface area contributed by atoms with E-state index in [0.29, 0.717) is 0 Å². The van der Waals surface area contributed by atoms with Crippen LogP contribution in [0.25, 0.3) is 6.08 Å². The van der Waals surface area contributed by atoms with Crippen LogP contribution in [-0.4, -0.2) is 71.0 Å². The first-order valence-corrected chi connectivity index (χ1v) is 12.8. The summed E-state index contributed by atoms with van der Waals surface area (Å²) in [5.74, 6) is -4.74. The molecule has 1 amide bonds. The third-order valence-electron chi connectivity index (χ3n) is 5.93. The molecule has 13 nitrogen and oxygen atoms in total. The number of ether oxygens (including phenoxy) is 5. The fraction of sp³-hybridized carbons (Fsp3) is 0.345. The van der Waals surface area contributed by atoms with Crippen molar-refractivity contribution in [2.24, 2.45) is 0 Å². The average Bonchev–Trinajstić information content (AvgIpc) is 2.90. The van der Waals surface area contributed by atoms with Crippen molar-refractivity contribution in [3.05, 3.63) is 59.7 Å². The van der Waals surface area contributed by atoms with Crippen LogP contribution >= 0.6 is 0 Å². The number of esters is 4. The number of hydrogen-bond acceptors (Lipinski definition) is 12. The summed E-state index contributed by atoms with van der Waals surface area (Å²) in [5, 5.41) is 24.1. The minimum Gasteiger partial charge on any atom is -0.507 e. The van der Waals surface area contributed by atoms with Crippen LogP contribution in [0.3, 0.4) is 0 Å². The van der Waals surface area contributed by atoms with Gasteiger partial charge in [-0.15, -0.1) is 0 Å². The first kappa shape index (κ1) is 31.6. The number of nitrogens with one attached hydrogen (secondary N) is 1. The van der Waals surface area contributed by atoms with Gasteiger partial charge in [-0.2, -0.15) is 0 Å². The van der Waals surface area contributed by atoms with Gasteiger partial charge in [-0.3, -0.25) is 24.0 Å². The minimum absolute atomic E-state index is 0.136. The molecular weight excluding hydrogens is 554 g/mol. The van der Waals surface area contributed by atoms with Gasteiger partial charge in [-0.1, -0.05) is 30.3 Å². The SMILES string of the molecule is CC(=O)OC[C@H]1O[C@@H](c2cc(O)c(NC(=O)/C=C/c3ccccc3)cc2O)[C@H](OC(C)=O)[C@@H](OC(C)=O)[C@@H]1OC(C)=O. The van der Waals surface area contributed by atoms with E-state index in [1.165, 1.54) is 6.08 Å². The normalized spacial score (nSPS) is 21.7. The van der Waals surface area contributed by atoms with Crippen molar-refractivity contribution in [2.45, 2.75) is 58.2 Å². The highest BCUT2D eigenvalue weighted by atomic mass is 16.7. The number of benzene rings is 2. The number of hydrogen-bond donors (Lipinski definition) is 3. The maximum absolute atomic E-state index is 12.4. The smallest absolute Gasteiger partial charge is 0.303 e. The lowest BCUT2D eigenvalue weighted by atomic mass is 9.89. The summed E-state index contributed by atoms with van der Waals surface area (Å²) in [5.41, 5.74) is 0.478. The molecule has 1 aliphatic rings. The molecule has 42 heavy (non-hydrogen) atoms. The molecule has 0 saturated carbocycles. The maximum atomic E-state index is 12.4. The van der Waals surface area contributed by atoms with Gasteiger partial charge in [-0.05, 0) is 17.7 Å². The highest BCUT2D eigenvalue weighted by Gasteiger charge is 2.53. The number of anilines is 1. The lowest BCUT2D eigenvalue weighted by Crippen LogP contribution is -2.59. The van der Waals surface area contributed by atoms with Gasteiger partial charge >= 0.3 is 23.9 Å². The van der Waals surface area contributed by atoms with Gasteiger partial charge in [0.2, 0.25) is 5.91 Å². The summed E-state index contributed by atoms with van der Waals surface area (Å²) < 4.78 is 27.2. The number of amides is 1. The van der Waals surface area contributed by atoms with Crippen molar-refractivity contribution in [3.63, 3.8) is 0 Å². The average molecular weight is 586 g/mol. The van der Waals surface area contributed by atoms with E-state index in [9.17, 15) is 34.2 Å². The van der Waals surface area contributed by atoms with Crippen LogP contribution < -0.4 is 5.32 Å². The third kappa shape index (κ3) is 8.54. The van der Waals surface area contributed by atoms with E-state index in [1.54, 1.807) is 30.3 Å². The van der Waals surface area contributed by atoms with Gasteiger partial charge in [0, 0.05) is 45.4 Å². The monoisotopic (exact) mass is 585 g/mol. The molecule has 0 spiro atoms. The molecule has 1 aliphatic heterocycles. The summed E-state index contributed by atoms with van der Waals surface area (Å²) in [4.78, 5) is 60.0. The summed E-state index contributed by atoms with van der Waals surface area (Å²) >= 11 is 0. The molecule has 1 fully saturated rings. The quantitative estimate of drug-likeness (QED) is 0.129. The summed E-state index contributed by atoms with van der Waals surface area (Å²) in [6.45, 7) is 3.91. The van der Waals surface area contributed by atoms with Crippen LogP contribution in [0.15, 0.2) is 48.5 Å². The van der Waals surface area contributed by atoms with E-state index in [4.69, 9.17) is 23.7 Å². The number of carbonyl (C=O) groups excluding carboxylic acids is 5. The molecule has 0 radical (unpaired) electrons. The second-order valence-electron chi connectivity index (χ2n) is 9.28. The molecule has 13 heteroatoms. The number of phenolic OH excluding ortho intramolecular Hbond substituents is 2. The van der Waals surface area contributed by atoms with E-state index in [0.717, 1.165) is 45.4 Å². The van der Waals surface area contributed by atoms with Gasteiger partial charge in [0.15, 0.2) is 18.3 Å². The Morgan fingerprint density at radius 1 is 0.810 bits per heavy atom. The van der Waals surface area contributed by atoms with Gasteiger partial charge in [0.05, 0.1) is 5.69 Å². The first-order valence-electron chi connectivity index (χ1n) is 12.8. The van der Waals surface area contributed by atoms with E-state index < -0.39 is 78.4 Å². The Morgan fingerprint density at radius 2 is 1.40 bits per heavy atom. The number of carbonyl (C=O) groups is 5. The molecule has 224 valence electrons. The number of phenols is 2. The Kier molecular flexibility index (Phi) is 10.6. The van der Waals surface area contributed by atoms with Crippen molar-refractivity contribution >= 4 is 41.5 Å². The molecule has 0 bridgehead atoms. The maximum Gasteiger partial charge on any atom is 0.303 e. The lowest BCUT2D eigenvalue weighted by Gasteiger charge is -2.44. The van der Waals surface area contributed by atoms with Crippen LogP contribution in [0.5, 0.6) is 11.5 Å². The van der Waals surface area contributed by atoms with E-state index in [-0.39, 0.29) is 11.3 Å². The van der Waals surface area contributed by atoms with Crippen molar-refractivity contribution in [1.82, 2.24) is 0 Å². The predicted octanol–water partition coefficient (Wildman–Crippen LogP) is 2.55.